The van der Waals surface area contributed by atoms with E-state index >= 15 is 0 Å². The Morgan fingerprint density at radius 3 is 3.00 bits per heavy atom. The summed E-state index contributed by atoms with van der Waals surface area (Å²) in [6, 6.07) is 8.33. The molecule has 0 bridgehead atoms. The van der Waals surface area contributed by atoms with Gasteiger partial charge in [0, 0.05) is 23.7 Å². The number of rotatable bonds is 5. The molecule has 112 valence electrons. The number of nitrogens with one attached hydrogen (secondary N) is 1. The summed E-state index contributed by atoms with van der Waals surface area (Å²) in [5.41, 5.74) is 2.31. The van der Waals surface area contributed by atoms with Gasteiger partial charge in [0.05, 0.1) is 26.0 Å². The highest BCUT2D eigenvalue weighted by Crippen LogP contribution is 2.36. The monoisotopic (exact) mass is 287 g/mol. The van der Waals surface area contributed by atoms with Crippen molar-refractivity contribution in [3.8, 4) is 11.5 Å². The highest BCUT2D eigenvalue weighted by Gasteiger charge is 2.22. The molecule has 0 saturated carbocycles. The van der Waals surface area contributed by atoms with Gasteiger partial charge in [-0.3, -0.25) is 0 Å². The molecule has 1 aromatic heterocycles. The van der Waals surface area contributed by atoms with Crippen molar-refractivity contribution in [3.05, 3.63) is 41.9 Å². The molecule has 1 atom stereocenters. The van der Waals surface area contributed by atoms with Crippen LogP contribution in [0.3, 0.4) is 0 Å². The molecule has 0 amide bonds. The van der Waals surface area contributed by atoms with E-state index in [0.29, 0.717) is 12.6 Å². The van der Waals surface area contributed by atoms with Gasteiger partial charge in [-0.15, -0.1) is 0 Å². The molecular weight excluding hydrogens is 266 g/mol. The first-order chi connectivity index (χ1) is 10.3. The Bertz CT molecular complexity index is 606. The Hall–Kier alpha value is -2.10. The van der Waals surface area contributed by atoms with Gasteiger partial charge in [-0.2, -0.15) is 0 Å². The quantitative estimate of drug-likeness (QED) is 0.896. The summed E-state index contributed by atoms with van der Waals surface area (Å²) in [6.07, 6.45) is 5.07. The third-order valence-electron chi connectivity index (χ3n) is 3.86. The van der Waals surface area contributed by atoms with Crippen LogP contribution in [0.15, 0.2) is 34.9 Å². The van der Waals surface area contributed by atoms with Crippen LogP contribution in [0.5, 0.6) is 11.5 Å². The lowest BCUT2D eigenvalue weighted by molar-refractivity contribution is 0.311. The molecule has 1 unspecified atom stereocenters. The van der Waals surface area contributed by atoms with Gasteiger partial charge in [-0.05, 0) is 38.0 Å². The number of fused-ring (bicyclic) bond motifs is 1. The third kappa shape index (κ3) is 2.84. The van der Waals surface area contributed by atoms with Gasteiger partial charge in [0.25, 0.3) is 0 Å². The van der Waals surface area contributed by atoms with Gasteiger partial charge in [0.15, 0.2) is 11.5 Å². The molecule has 4 nitrogen and oxygen atoms in total. The fourth-order valence-corrected chi connectivity index (χ4v) is 2.87. The van der Waals surface area contributed by atoms with Crippen LogP contribution in [0, 0.1) is 0 Å². The average molecular weight is 287 g/mol. The number of benzene rings is 1. The molecule has 0 fully saturated rings. The summed E-state index contributed by atoms with van der Waals surface area (Å²) < 4.78 is 16.5. The second-order valence-electron chi connectivity index (χ2n) is 5.19. The van der Waals surface area contributed by atoms with E-state index in [1.165, 1.54) is 5.56 Å². The van der Waals surface area contributed by atoms with Crippen molar-refractivity contribution in [1.29, 1.82) is 0 Å². The first-order valence-electron chi connectivity index (χ1n) is 7.45. The molecule has 0 spiro atoms. The molecule has 0 saturated heterocycles. The van der Waals surface area contributed by atoms with Crippen molar-refractivity contribution < 1.29 is 13.9 Å². The lowest BCUT2D eigenvalue weighted by Crippen LogP contribution is -2.15. The van der Waals surface area contributed by atoms with E-state index in [1.807, 2.05) is 25.1 Å². The fourth-order valence-electron chi connectivity index (χ4n) is 2.87. The summed E-state index contributed by atoms with van der Waals surface area (Å²) in [6.45, 7) is 2.60. The standard InChI is InChI=1S/C17H21NO3/c1-3-20-16-8-7-12(11-17(16)19-2)18-14-5-4-6-15-13(14)9-10-21-15/h7-11,14,18H,3-6H2,1-2H3. The van der Waals surface area contributed by atoms with E-state index in [2.05, 4.69) is 11.4 Å². The van der Waals surface area contributed by atoms with Crippen LogP contribution in [0.1, 0.15) is 37.1 Å². The van der Waals surface area contributed by atoms with Crippen LogP contribution in [0.2, 0.25) is 0 Å². The number of methoxy groups -OCH3 is 1. The van der Waals surface area contributed by atoms with Crippen LogP contribution in [0.25, 0.3) is 0 Å². The number of ether oxygens (including phenoxy) is 2. The van der Waals surface area contributed by atoms with E-state index in [-0.39, 0.29) is 0 Å². The van der Waals surface area contributed by atoms with Crippen molar-refractivity contribution in [1.82, 2.24) is 0 Å². The zero-order valence-corrected chi connectivity index (χ0v) is 12.5. The summed E-state index contributed by atoms with van der Waals surface area (Å²) >= 11 is 0. The van der Waals surface area contributed by atoms with E-state index < -0.39 is 0 Å². The Kier molecular flexibility index (Phi) is 4.04. The maximum atomic E-state index is 5.55. The van der Waals surface area contributed by atoms with Crippen molar-refractivity contribution in [2.24, 2.45) is 0 Å². The Labute approximate surface area is 125 Å². The van der Waals surface area contributed by atoms with Crippen LogP contribution in [0.4, 0.5) is 5.69 Å². The highest BCUT2D eigenvalue weighted by molar-refractivity contribution is 5.56. The molecule has 4 heteroatoms. The fraction of sp³-hybridized carbons (Fsp3) is 0.412. The average Bonchev–Trinajstić information content (AvgIpc) is 2.98. The molecule has 1 aliphatic carbocycles. The van der Waals surface area contributed by atoms with Crippen molar-refractivity contribution in [3.63, 3.8) is 0 Å². The minimum Gasteiger partial charge on any atom is -0.493 e. The first-order valence-corrected chi connectivity index (χ1v) is 7.45. The molecule has 21 heavy (non-hydrogen) atoms. The number of aryl methyl sites for hydroxylation is 1. The molecular formula is C17H21NO3. The van der Waals surface area contributed by atoms with Crippen molar-refractivity contribution in [2.45, 2.75) is 32.2 Å². The minimum absolute atomic E-state index is 0.301. The van der Waals surface area contributed by atoms with Gasteiger partial charge >= 0.3 is 0 Å². The normalized spacial score (nSPS) is 17.1. The van der Waals surface area contributed by atoms with E-state index in [4.69, 9.17) is 13.9 Å². The molecule has 1 N–H and O–H groups in total. The molecule has 1 aliphatic rings. The van der Waals surface area contributed by atoms with Gasteiger partial charge in [-0.25, -0.2) is 0 Å². The van der Waals surface area contributed by atoms with Crippen LogP contribution in [-0.2, 0) is 6.42 Å². The molecule has 1 aromatic carbocycles. The van der Waals surface area contributed by atoms with Crippen LogP contribution >= 0.6 is 0 Å². The van der Waals surface area contributed by atoms with Crippen molar-refractivity contribution >= 4 is 5.69 Å². The van der Waals surface area contributed by atoms with E-state index in [0.717, 1.165) is 42.2 Å². The van der Waals surface area contributed by atoms with E-state index in [9.17, 15) is 0 Å². The molecule has 0 aliphatic heterocycles. The van der Waals surface area contributed by atoms with E-state index in [1.54, 1.807) is 13.4 Å². The molecule has 3 rings (SSSR count). The zero-order chi connectivity index (χ0) is 14.7. The number of hydrogen-bond donors (Lipinski definition) is 1. The largest absolute Gasteiger partial charge is 0.493 e. The van der Waals surface area contributed by atoms with Crippen molar-refractivity contribution in [2.75, 3.05) is 19.0 Å². The first kappa shape index (κ1) is 13.9. The summed E-state index contributed by atoms with van der Waals surface area (Å²) in [5, 5.41) is 3.57. The smallest absolute Gasteiger partial charge is 0.162 e. The Balaban J connectivity index is 1.80. The molecule has 0 radical (unpaired) electrons. The van der Waals surface area contributed by atoms with Crippen LogP contribution < -0.4 is 14.8 Å². The number of furan rings is 1. The Morgan fingerprint density at radius 1 is 1.29 bits per heavy atom. The maximum absolute atomic E-state index is 5.55. The van der Waals surface area contributed by atoms with Gasteiger partial charge in [0.1, 0.15) is 5.76 Å². The number of hydrogen-bond acceptors (Lipinski definition) is 4. The molecule has 2 aromatic rings. The number of anilines is 1. The van der Waals surface area contributed by atoms with Crippen LogP contribution in [-0.4, -0.2) is 13.7 Å². The lowest BCUT2D eigenvalue weighted by Gasteiger charge is -2.24. The highest BCUT2D eigenvalue weighted by atomic mass is 16.5. The maximum Gasteiger partial charge on any atom is 0.162 e. The third-order valence-corrected chi connectivity index (χ3v) is 3.86. The second kappa shape index (κ2) is 6.12. The van der Waals surface area contributed by atoms with Gasteiger partial charge in [-0.1, -0.05) is 0 Å². The SMILES string of the molecule is CCOc1ccc(NC2CCCc3occc32)cc1OC. The molecule has 1 heterocycles. The van der Waals surface area contributed by atoms with Gasteiger partial charge in [0.2, 0.25) is 0 Å². The summed E-state index contributed by atoms with van der Waals surface area (Å²) in [7, 11) is 1.66. The second-order valence-corrected chi connectivity index (χ2v) is 5.19. The summed E-state index contributed by atoms with van der Waals surface area (Å²) in [5.74, 6) is 2.64. The summed E-state index contributed by atoms with van der Waals surface area (Å²) in [4.78, 5) is 0. The van der Waals surface area contributed by atoms with Gasteiger partial charge < -0.3 is 19.2 Å². The topological polar surface area (TPSA) is 43.6 Å². The lowest BCUT2D eigenvalue weighted by atomic mass is 9.93. The Morgan fingerprint density at radius 2 is 2.19 bits per heavy atom. The predicted octanol–water partition coefficient (Wildman–Crippen LogP) is 4.18. The zero-order valence-electron chi connectivity index (χ0n) is 12.5. The predicted molar refractivity (Wildman–Crippen MR) is 82.2 cm³/mol. The minimum atomic E-state index is 0.301.